The van der Waals surface area contributed by atoms with Crippen LogP contribution >= 0.6 is 0 Å². The van der Waals surface area contributed by atoms with Gasteiger partial charge in [-0.05, 0) is 30.5 Å². The molecule has 30 heavy (non-hydrogen) atoms. The lowest BCUT2D eigenvalue weighted by atomic mass is 9.93. The number of nitrogens with one attached hydrogen (secondary N) is 1. The summed E-state index contributed by atoms with van der Waals surface area (Å²) in [6, 6.07) is 16.0. The van der Waals surface area contributed by atoms with Gasteiger partial charge in [0, 0.05) is 0 Å². The molecule has 0 radical (unpaired) electrons. The molecular weight excluding hydrogens is 382 g/mol. The Kier molecular flexibility index (Phi) is 5.20. The minimum absolute atomic E-state index is 0.292. The van der Waals surface area contributed by atoms with E-state index in [1.165, 1.54) is 0 Å². The van der Waals surface area contributed by atoms with Gasteiger partial charge in [0.05, 0.1) is 11.7 Å². The zero-order valence-electron chi connectivity index (χ0n) is 17.1. The van der Waals surface area contributed by atoms with E-state index in [0.717, 1.165) is 10.5 Å². The van der Waals surface area contributed by atoms with Gasteiger partial charge in [-0.25, -0.2) is 4.79 Å². The average molecular weight is 407 g/mol. The van der Waals surface area contributed by atoms with Crippen LogP contribution in [0.15, 0.2) is 54.6 Å². The van der Waals surface area contributed by atoms with Crippen molar-refractivity contribution in [3.8, 4) is 5.75 Å². The third-order valence-corrected chi connectivity index (χ3v) is 6.03. The number of amides is 4. The molecular formula is C23H25N3O4. The number of benzene rings is 2. The van der Waals surface area contributed by atoms with Crippen LogP contribution in [0.5, 0.6) is 5.75 Å². The number of anilines is 1. The van der Waals surface area contributed by atoms with E-state index in [0.29, 0.717) is 30.9 Å². The lowest BCUT2D eigenvalue weighted by Gasteiger charge is -2.37. The summed E-state index contributed by atoms with van der Waals surface area (Å²) in [6.45, 7) is 3.69. The first kappa shape index (κ1) is 19.9. The maximum Gasteiger partial charge on any atom is 0.325 e. The van der Waals surface area contributed by atoms with Crippen molar-refractivity contribution in [2.45, 2.75) is 38.3 Å². The summed E-state index contributed by atoms with van der Waals surface area (Å²) in [5.41, 5.74) is 0.625. The molecule has 0 unspecified atom stereocenters. The molecule has 2 aromatic carbocycles. The first-order chi connectivity index (χ1) is 14.5. The zero-order chi connectivity index (χ0) is 21.3. The van der Waals surface area contributed by atoms with Crippen molar-refractivity contribution in [1.29, 1.82) is 0 Å². The monoisotopic (exact) mass is 407 g/mol. The van der Waals surface area contributed by atoms with E-state index in [-0.39, 0.29) is 24.4 Å². The van der Waals surface area contributed by atoms with Crippen molar-refractivity contribution >= 4 is 23.5 Å². The SMILES string of the molecule is CCC1(CC)NC(=O)N(CC(=O)N2c3ccccc3OC[C@@H]2c2ccccc2)C1=O. The lowest BCUT2D eigenvalue weighted by molar-refractivity contribution is -0.134. The minimum atomic E-state index is -0.931. The molecule has 2 aliphatic rings. The van der Waals surface area contributed by atoms with Crippen LogP contribution in [0.25, 0.3) is 0 Å². The van der Waals surface area contributed by atoms with E-state index in [9.17, 15) is 14.4 Å². The quantitative estimate of drug-likeness (QED) is 0.772. The molecule has 0 spiro atoms. The molecule has 1 saturated heterocycles. The summed E-state index contributed by atoms with van der Waals surface area (Å²) < 4.78 is 5.90. The van der Waals surface area contributed by atoms with Crippen molar-refractivity contribution in [2.24, 2.45) is 0 Å². The predicted octanol–water partition coefficient (Wildman–Crippen LogP) is 3.26. The van der Waals surface area contributed by atoms with Crippen LogP contribution in [0, 0.1) is 0 Å². The highest BCUT2D eigenvalue weighted by Gasteiger charge is 2.50. The van der Waals surface area contributed by atoms with Gasteiger partial charge in [0.1, 0.15) is 24.4 Å². The smallest absolute Gasteiger partial charge is 0.325 e. The molecule has 4 rings (SSSR count). The van der Waals surface area contributed by atoms with Crippen LogP contribution in [0.1, 0.15) is 38.3 Å². The minimum Gasteiger partial charge on any atom is -0.489 e. The van der Waals surface area contributed by atoms with Gasteiger partial charge in [0.2, 0.25) is 5.91 Å². The molecule has 7 nitrogen and oxygen atoms in total. The Morgan fingerprint density at radius 2 is 1.73 bits per heavy atom. The number of hydrogen-bond donors (Lipinski definition) is 1. The van der Waals surface area contributed by atoms with Gasteiger partial charge in [-0.1, -0.05) is 56.3 Å². The van der Waals surface area contributed by atoms with Gasteiger partial charge in [-0.3, -0.25) is 19.4 Å². The summed E-state index contributed by atoms with van der Waals surface area (Å²) in [7, 11) is 0. The van der Waals surface area contributed by atoms with Crippen molar-refractivity contribution < 1.29 is 19.1 Å². The second kappa shape index (κ2) is 7.82. The number of para-hydroxylation sites is 2. The summed E-state index contributed by atoms with van der Waals surface area (Å²) in [5.74, 6) is -0.0681. The summed E-state index contributed by atoms with van der Waals surface area (Å²) in [6.07, 6.45) is 0.956. The highest BCUT2D eigenvalue weighted by atomic mass is 16.5. The zero-order valence-corrected chi connectivity index (χ0v) is 17.1. The number of hydrogen-bond acceptors (Lipinski definition) is 4. The standard InChI is InChI=1S/C23H25N3O4/c1-3-23(4-2)21(28)25(22(29)24-23)14-20(27)26-17-12-8-9-13-19(17)30-15-18(26)16-10-6-5-7-11-16/h5-13,18H,3-4,14-15H2,1-2H3,(H,24,29)/t18-/m1/s1. The molecule has 1 fully saturated rings. The Morgan fingerprint density at radius 3 is 2.40 bits per heavy atom. The van der Waals surface area contributed by atoms with Gasteiger partial charge < -0.3 is 10.1 Å². The third kappa shape index (κ3) is 3.20. The fraction of sp³-hybridized carbons (Fsp3) is 0.348. The Morgan fingerprint density at radius 1 is 1.07 bits per heavy atom. The first-order valence-corrected chi connectivity index (χ1v) is 10.2. The van der Waals surface area contributed by atoms with Gasteiger partial charge in [0.25, 0.3) is 5.91 Å². The Balaban J connectivity index is 1.67. The highest BCUT2D eigenvalue weighted by Crippen LogP contribution is 2.39. The molecule has 0 saturated carbocycles. The van der Waals surface area contributed by atoms with E-state index in [1.54, 1.807) is 4.90 Å². The first-order valence-electron chi connectivity index (χ1n) is 10.2. The fourth-order valence-electron chi connectivity index (χ4n) is 4.18. The molecule has 0 aromatic heterocycles. The summed E-state index contributed by atoms with van der Waals surface area (Å²) in [5, 5.41) is 2.78. The number of urea groups is 1. The highest BCUT2D eigenvalue weighted by molar-refractivity contribution is 6.10. The number of ether oxygens (including phenoxy) is 1. The Hall–Kier alpha value is -3.35. The molecule has 2 aromatic rings. The van der Waals surface area contributed by atoms with E-state index >= 15 is 0 Å². The molecule has 0 bridgehead atoms. The number of fused-ring (bicyclic) bond motifs is 1. The van der Waals surface area contributed by atoms with E-state index in [2.05, 4.69) is 5.32 Å². The number of imide groups is 1. The second-order valence-electron chi connectivity index (χ2n) is 7.58. The van der Waals surface area contributed by atoms with Crippen LogP contribution in [-0.2, 0) is 9.59 Å². The second-order valence-corrected chi connectivity index (χ2v) is 7.58. The predicted molar refractivity (Wildman–Crippen MR) is 112 cm³/mol. The Bertz CT molecular complexity index is 971. The number of carbonyl (C=O) groups excluding carboxylic acids is 3. The topological polar surface area (TPSA) is 79.0 Å². The fourth-order valence-corrected chi connectivity index (χ4v) is 4.18. The molecule has 1 atom stereocenters. The van der Waals surface area contributed by atoms with Gasteiger partial charge in [0.15, 0.2) is 0 Å². The van der Waals surface area contributed by atoms with Gasteiger partial charge in [-0.15, -0.1) is 0 Å². The molecule has 4 amide bonds. The van der Waals surface area contributed by atoms with Crippen molar-refractivity contribution in [1.82, 2.24) is 10.2 Å². The van der Waals surface area contributed by atoms with Crippen LogP contribution in [-0.4, -0.2) is 41.4 Å². The van der Waals surface area contributed by atoms with Crippen molar-refractivity contribution in [3.63, 3.8) is 0 Å². The molecule has 2 aliphatic heterocycles. The normalized spacial score (nSPS) is 19.9. The summed E-state index contributed by atoms with van der Waals surface area (Å²) >= 11 is 0. The van der Waals surface area contributed by atoms with Crippen LogP contribution in [0.2, 0.25) is 0 Å². The van der Waals surface area contributed by atoms with E-state index in [4.69, 9.17) is 4.74 Å². The average Bonchev–Trinajstić information content (AvgIpc) is 3.03. The largest absolute Gasteiger partial charge is 0.489 e. The maximum absolute atomic E-state index is 13.5. The lowest BCUT2D eigenvalue weighted by Crippen LogP contribution is -2.49. The van der Waals surface area contributed by atoms with Gasteiger partial charge >= 0.3 is 6.03 Å². The van der Waals surface area contributed by atoms with Crippen LogP contribution < -0.4 is 15.0 Å². The molecule has 1 N–H and O–H groups in total. The number of rotatable bonds is 5. The number of carbonyl (C=O) groups is 3. The van der Waals surface area contributed by atoms with Gasteiger partial charge in [-0.2, -0.15) is 0 Å². The molecule has 7 heteroatoms. The van der Waals surface area contributed by atoms with E-state index in [1.807, 2.05) is 68.4 Å². The molecule has 156 valence electrons. The maximum atomic E-state index is 13.5. The third-order valence-electron chi connectivity index (χ3n) is 6.03. The molecule has 0 aliphatic carbocycles. The van der Waals surface area contributed by atoms with Crippen molar-refractivity contribution in [3.05, 3.63) is 60.2 Å². The van der Waals surface area contributed by atoms with Crippen molar-refractivity contribution in [2.75, 3.05) is 18.1 Å². The Labute approximate surface area is 175 Å². The summed E-state index contributed by atoms with van der Waals surface area (Å²) in [4.78, 5) is 41.7. The number of nitrogens with zero attached hydrogens (tertiary/aromatic N) is 2. The van der Waals surface area contributed by atoms with E-state index < -0.39 is 11.6 Å². The van der Waals surface area contributed by atoms with Crippen LogP contribution in [0.3, 0.4) is 0 Å². The van der Waals surface area contributed by atoms with Crippen LogP contribution in [0.4, 0.5) is 10.5 Å². The molecule has 2 heterocycles.